The van der Waals surface area contributed by atoms with Crippen LogP contribution in [0, 0.1) is 11.3 Å². The highest BCUT2D eigenvalue weighted by Crippen LogP contribution is 2.31. The Labute approximate surface area is 130 Å². The van der Waals surface area contributed by atoms with Crippen LogP contribution in [-0.4, -0.2) is 4.98 Å². The van der Waals surface area contributed by atoms with Crippen LogP contribution in [0.4, 0.5) is 0 Å². The van der Waals surface area contributed by atoms with E-state index in [1.807, 2.05) is 23.6 Å². The van der Waals surface area contributed by atoms with Gasteiger partial charge in [0.15, 0.2) is 5.76 Å². The first-order valence-corrected chi connectivity index (χ1v) is 7.36. The van der Waals surface area contributed by atoms with Crippen molar-refractivity contribution in [2.75, 3.05) is 0 Å². The van der Waals surface area contributed by atoms with E-state index in [2.05, 4.69) is 11.1 Å². The number of nitrogens with two attached hydrogens (primary N) is 1. The second-order valence-electron chi connectivity index (χ2n) is 4.50. The molecule has 2 N–H and O–H groups in total. The maximum Gasteiger partial charge on any atom is 0.154 e. The highest BCUT2D eigenvalue weighted by molar-refractivity contribution is 7.11. The molecular formula is C15H10ClN3OS. The fraction of sp³-hybridized carbons (Fsp3) is 0.0667. The van der Waals surface area contributed by atoms with Crippen molar-refractivity contribution >= 4 is 39.5 Å². The fourth-order valence-electron chi connectivity index (χ4n) is 1.95. The maximum atomic E-state index is 9.12. The maximum absolute atomic E-state index is 9.12. The number of benzene rings is 1. The second kappa shape index (κ2) is 5.24. The van der Waals surface area contributed by atoms with Gasteiger partial charge in [-0.05, 0) is 31.2 Å². The summed E-state index contributed by atoms with van der Waals surface area (Å²) in [6, 6.07) is 9.38. The highest BCUT2D eigenvalue weighted by atomic mass is 35.5. The summed E-state index contributed by atoms with van der Waals surface area (Å²) in [4.78, 5) is 4.42. The molecule has 0 saturated heterocycles. The molecular weight excluding hydrogens is 306 g/mol. The molecule has 0 aliphatic carbocycles. The molecule has 0 bridgehead atoms. The first kappa shape index (κ1) is 13.7. The van der Waals surface area contributed by atoms with Crippen LogP contribution in [0.5, 0.6) is 0 Å². The van der Waals surface area contributed by atoms with Crippen LogP contribution in [0.2, 0.25) is 5.02 Å². The Morgan fingerprint density at radius 2 is 2.24 bits per heavy atom. The molecule has 2 aromatic heterocycles. The number of halogens is 1. The Bertz CT molecular complexity index is 897. The van der Waals surface area contributed by atoms with Gasteiger partial charge in [0.2, 0.25) is 0 Å². The van der Waals surface area contributed by atoms with Crippen molar-refractivity contribution < 1.29 is 4.42 Å². The summed E-state index contributed by atoms with van der Waals surface area (Å²) in [7, 11) is 0. The largest absolute Gasteiger partial charge is 0.454 e. The average Bonchev–Trinajstić information content (AvgIpc) is 3.04. The molecule has 0 fully saturated rings. The van der Waals surface area contributed by atoms with E-state index < -0.39 is 0 Å². The van der Waals surface area contributed by atoms with Gasteiger partial charge in [-0.3, -0.25) is 0 Å². The number of furan rings is 1. The van der Waals surface area contributed by atoms with E-state index in [0.29, 0.717) is 32.8 Å². The fourth-order valence-corrected chi connectivity index (χ4v) is 3.00. The lowest BCUT2D eigenvalue weighted by atomic mass is 10.2. The first-order valence-electron chi connectivity index (χ1n) is 6.10. The van der Waals surface area contributed by atoms with Gasteiger partial charge in [-0.25, -0.2) is 4.98 Å². The molecule has 6 heteroatoms. The van der Waals surface area contributed by atoms with Crippen LogP contribution in [0.3, 0.4) is 0 Å². The van der Waals surface area contributed by atoms with Gasteiger partial charge in [-0.2, -0.15) is 5.26 Å². The van der Waals surface area contributed by atoms with E-state index in [0.717, 1.165) is 11.0 Å². The van der Waals surface area contributed by atoms with Crippen LogP contribution in [-0.2, 0) is 0 Å². The van der Waals surface area contributed by atoms with E-state index in [4.69, 9.17) is 27.0 Å². The Kier molecular flexibility index (Phi) is 3.42. The minimum Gasteiger partial charge on any atom is -0.454 e. The molecule has 0 aliphatic heterocycles. The molecule has 0 spiro atoms. The minimum atomic E-state index is 0.394. The Morgan fingerprint density at radius 1 is 1.43 bits per heavy atom. The number of allylic oxidation sites excluding steroid dienone is 2. The molecule has 104 valence electrons. The lowest BCUT2D eigenvalue weighted by molar-refractivity contribution is 0.629. The number of hydrogen-bond donors (Lipinski definition) is 1. The van der Waals surface area contributed by atoms with Crippen molar-refractivity contribution in [3.63, 3.8) is 0 Å². The van der Waals surface area contributed by atoms with Crippen LogP contribution >= 0.6 is 22.9 Å². The zero-order valence-corrected chi connectivity index (χ0v) is 12.6. The number of thiazole rings is 1. The van der Waals surface area contributed by atoms with Crippen LogP contribution in [0.25, 0.3) is 28.0 Å². The van der Waals surface area contributed by atoms with Crippen LogP contribution in [0.1, 0.15) is 11.9 Å². The molecule has 1 aromatic carbocycles. The Hall–Kier alpha value is -2.29. The predicted molar refractivity (Wildman–Crippen MR) is 84.7 cm³/mol. The Balaban J connectivity index is 2.06. The third kappa shape index (κ3) is 2.51. The normalized spacial score (nSPS) is 12.2. The molecule has 0 amide bonds. The van der Waals surface area contributed by atoms with Gasteiger partial charge in [0.05, 0.1) is 0 Å². The van der Waals surface area contributed by atoms with Gasteiger partial charge in [0.25, 0.3) is 0 Å². The summed E-state index contributed by atoms with van der Waals surface area (Å²) < 4.78 is 5.75. The van der Waals surface area contributed by atoms with Gasteiger partial charge in [0.1, 0.15) is 27.9 Å². The summed E-state index contributed by atoms with van der Waals surface area (Å²) in [5, 5.41) is 13.1. The molecule has 21 heavy (non-hydrogen) atoms. The minimum absolute atomic E-state index is 0.394. The number of aromatic nitrogens is 1. The lowest BCUT2D eigenvalue weighted by Gasteiger charge is -1.94. The highest BCUT2D eigenvalue weighted by Gasteiger charge is 2.13. The average molecular weight is 316 g/mol. The van der Waals surface area contributed by atoms with Gasteiger partial charge in [-0.1, -0.05) is 11.6 Å². The van der Waals surface area contributed by atoms with Gasteiger partial charge in [-0.15, -0.1) is 11.3 Å². The lowest BCUT2D eigenvalue weighted by Crippen LogP contribution is -1.96. The van der Waals surface area contributed by atoms with E-state index in [1.54, 1.807) is 13.0 Å². The molecule has 0 radical (unpaired) electrons. The quantitative estimate of drug-likeness (QED) is 0.710. The number of nitriles is 1. The third-order valence-electron chi connectivity index (χ3n) is 2.95. The van der Waals surface area contributed by atoms with Crippen molar-refractivity contribution in [2.24, 2.45) is 5.73 Å². The Morgan fingerprint density at radius 3 is 2.95 bits per heavy atom. The van der Waals surface area contributed by atoms with Gasteiger partial charge in [0, 0.05) is 21.5 Å². The zero-order valence-electron chi connectivity index (χ0n) is 11.1. The summed E-state index contributed by atoms with van der Waals surface area (Å²) in [5.74, 6) is 0.640. The molecule has 4 nitrogen and oxygen atoms in total. The monoisotopic (exact) mass is 315 g/mol. The topological polar surface area (TPSA) is 75.8 Å². The van der Waals surface area contributed by atoms with E-state index >= 15 is 0 Å². The van der Waals surface area contributed by atoms with E-state index in [9.17, 15) is 0 Å². The molecule has 0 unspecified atom stereocenters. The SMILES string of the molecule is C/C(N)=C(\C#N)c1nc(-c2cc3cc(Cl)ccc3o2)cs1. The number of fused-ring (bicyclic) bond motifs is 1. The zero-order chi connectivity index (χ0) is 15.0. The van der Waals surface area contributed by atoms with Gasteiger partial charge >= 0.3 is 0 Å². The summed E-state index contributed by atoms with van der Waals surface area (Å²) in [5.41, 5.74) is 7.96. The summed E-state index contributed by atoms with van der Waals surface area (Å²) in [6.45, 7) is 1.68. The van der Waals surface area contributed by atoms with Gasteiger partial charge < -0.3 is 10.2 Å². The molecule has 0 saturated carbocycles. The smallest absolute Gasteiger partial charge is 0.154 e. The van der Waals surface area contributed by atoms with Crippen LogP contribution in [0.15, 0.2) is 39.8 Å². The second-order valence-corrected chi connectivity index (χ2v) is 5.80. The van der Waals surface area contributed by atoms with Crippen molar-refractivity contribution in [1.82, 2.24) is 4.98 Å². The molecule has 3 aromatic rings. The molecule has 0 atom stereocenters. The third-order valence-corrected chi connectivity index (χ3v) is 4.05. The van der Waals surface area contributed by atoms with Crippen molar-refractivity contribution in [3.8, 4) is 17.5 Å². The predicted octanol–water partition coefficient (Wildman–Crippen LogP) is 4.42. The molecule has 0 aliphatic rings. The van der Waals surface area contributed by atoms with E-state index in [1.165, 1.54) is 11.3 Å². The molecule has 2 heterocycles. The van der Waals surface area contributed by atoms with E-state index in [-0.39, 0.29) is 0 Å². The summed E-state index contributed by atoms with van der Waals surface area (Å²) >= 11 is 7.32. The van der Waals surface area contributed by atoms with Crippen molar-refractivity contribution in [1.29, 1.82) is 5.26 Å². The first-order chi connectivity index (χ1) is 10.1. The molecule has 3 rings (SSSR count). The summed E-state index contributed by atoms with van der Waals surface area (Å²) in [6.07, 6.45) is 0. The van der Waals surface area contributed by atoms with Crippen molar-refractivity contribution in [3.05, 3.63) is 45.4 Å². The number of rotatable bonds is 2. The number of nitrogens with zero attached hydrogens (tertiary/aromatic N) is 2. The number of hydrogen-bond acceptors (Lipinski definition) is 5. The standard InChI is InChI=1S/C15H10ClN3OS/c1-8(18)11(6-17)15-19-12(7-21-15)14-5-9-4-10(16)2-3-13(9)20-14/h2-5,7H,18H2,1H3/b11-8-. The van der Waals surface area contributed by atoms with Crippen molar-refractivity contribution in [2.45, 2.75) is 6.92 Å². The van der Waals surface area contributed by atoms with Crippen LogP contribution < -0.4 is 5.73 Å².